The summed E-state index contributed by atoms with van der Waals surface area (Å²) in [6, 6.07) is 0.187. The molecular formula is C10H21NO3S. The molecule has 0 aliphatic carbocycles. The van der Waals surface area contributed by atoms with E-state index in [4.69, 9.17) is 4.74 Å². The molecule has 0 bridgehead atoms. The van der Waals surface area contributed by atoms with Crippen LogP contribution in [0.2, 0.25) is 0 Å². The van der Waals surface area contributed by atoms with Crippen LogP contribution in [-0.2, 0) is 14.6 Å². The summed E-state index contributed by atoms with van der Waals surface area (Å²) in [6.45, 7) is 3.70. The summed E-state index contributed by atoms with van der Waals surface area (Å²) in [5.41, 5.74) is 0. The first-order valence-electron chi connectivity index (χ1n) is 5.55. The zero-order chi connectivity index (χ0) is 11.3. The van der Waals surface area contributed by atoms with Gasteiger partial charge >= 0.3 is 0 Å². The number of ether oxygens (including phenoxy) is 1. The molecule has 1 N–H and O–H groups in total. The highest BCUT2D eigenvalue weighted by Crippen LogP contribution is 2.18. The van der Waals surface area contributed by atoms with E-state index in [0.717, 1.165) is 26.0 Å². The lowest BCUT2D eigenvalue weighted by Gasteiger charge is -2.23. The Morgan fingerprint density at radius 1 is 1.53 bits per heavy atom. The van der Waals surface area contributed by atoms with Crippen molar-refractivity contribution in [1.82, 2.24) is 5.32 Å². The fraction of sp³-hybridized carbons (Fsp3) is 1.00. The number of rotatable bonds is 6. The van der Waals surface area contributed by atoms with Gasteiger partial charge in [-0.3, -0.25) is 0 Å². The lowest BCUT2D eigenvalue weighted by atomic mass is 10.1. The molecule has 1 aliphatic rings. The summed E-state index contributed by atoms with van der Waals surface area (Å²) < 4.78 is 27.7. The van der Waals surface area contributed by atoms with Crippen molar-refractivity contribution in [3.63, 3.8) is 0 Å². The van der Waals surface area contributed by atoms with E-state index in [1.165, 1.54) is 6.26 Å². The molecule has 0 aromatic heterocycles. The van der Waals surface area contributed by atoms with Crippen LogP contribution in [-0.4, -0.2) is 45.7 Å². The molecule has 15 heavy (non-hydrogen) atoms. The smallest absolute Gasteiger partial charge is 0.147 e. The molecule has 0 aromatic rings. The van der Waals surface area contributed by atoms with E-state index in [9.17, 15) is 8.42 Å². The van der Waals surface area contributed by atoms with Gasteiger partial charge in [0.2, 0.25) is 0 Å². The largest absolute Gasteiger partial charge is 0.377 e. The topological polar surface area (TPSA) is 55.4 Å². The van der Waals surface area contributed by atoms with Crippen molar-refractivity contribution in [2.45, 2.75) is 38.3 Å². The molecule has 0 spiro atoms. The van der Waals surface area contributed by atoms with E-state index in [0.29, 0.717) is 6.42 Å². The van der Waals surface area contributed by atoms with Gasteiger partial charge in [-0.25, -0.2) is 8.42 Å². The van der Waals surface area contributed by atoms with Gasteiger partial charge in [0, 0.05) is 18.9 Å². The van der Waals surface area contributed by atoms with Gasteiger partial charge < -0.3 is 10.1 Å². The number of nitrogens with one attached hydrogen (secondary N) is 1. The first-order chi connectivity index (χ1) is 7.03. The summed E-state index contributed by atoms with van der Waals surface area (Å²) in [6.07, 6.45) is 4.27. The maximum Gasteiger partial charge on any atom is 0.147 e. The van der Waals surface area contributed by atoms with Crippen LogP contribution in [0.15, 0.2) is 0 Å². The Kier molecular flexibility index (Phi) is 5.02. The maximum atomic E-state index is 11.1. The standard InChI is InChI=1S/C10H21NO3S/c1-3-11-9(6-8-15(2,12)13)10-5-4-7-14-10/h9-11H,3-8H2,1-2H3. The second-order valence-electron chi connectivity index (χ2n) is 4.13. The van der Waals surface area contributed by atoms with Crippen LogP contribution in [0.4, 0.5) is 0 Å². The third-order valence-corrected chi connectivity index (χ3v) is 3.66. The number of hydrogen-bond donors (Lipinski definition) is 1. The fourth-order valence-electron chi connectivity index (χ4n) is 1.94. The zero-order valence-electron chi connectivity index (χ0n) is 9.53. The molecule has 2 atom stereocenters. The SMILES string of the molecule is CCNC(CCS(C)(=O)=O)C1CCCO1. The third-order valence-electron chi connectivity index (χ3n) is 2.68. The van der Waals surface area contributed by atoms with Crippen LogP contribution in [0.3, 0.4) is 0 Å². The number of likely N-dealkylation sites (N-methyl/N-ethyl adjacent to an activating group) is 1. The second kappa shape index (κ2) is 5.82. The Morgan fingerprint density at radius 3 is 2.73 bits per heavy atom. The van der Waals surface area contributed by atoms with E-state index >= 15 is 0 Å². The van der Waals surface area contributed by atoms with Gasteiger partial charge in [0.15, 0.2) is 0 Å². The fourth-order valence-corrected chi connectivity index (χ4v) is 2.62. The lowest BCUT2D eigenvalue weighted by Crippen LogP contribution is -2.40. The van der Waals surface area contributed by atoms with Gasteiger partial charge in [0.1, 0.15) is 9.84 Å². The first-order valence-corrected chi connectivity index (χ1v) is 7.61. The van der Waals surface area contributed by atoms with E-state index in [1.807, 2.05) is 6.92 Å². The van der Waals surface area contributed by atoms with Crippen molar-refractivity contribution >= 4 is 9.84 Å². The van der Waals surface area contributed by atoms with Crippen molar-refractivity contribution in [2.24, 2.45) is 0 Å². The highest BCUT2D eigenvalue weighted by atomic mass is 32.2. The van der Waals surface area contributed by atoms with Crippen LogP contribution in [0.25, 0.3) is 0 Å². The van der Waals surface area contributed by atoms with E-state index in [2.05, 4.69) is 5.32 Å². The highest BCUT2D eigenvalue weighted by molar-refractivity contribution is 7.90. The molecule has 0 saturated carbocycles. The van der Waals surface area contributed by atoms with Crippen LogP contribution >= 0.6 is 0 Å². The van der Waals surface area contributed by atoms with E-state index in [1.54, 1.807) is 0 Å². The van der Waals surface area contributed by atoms with Crippen molar-refractivity contribution in [1.29, 1.82) is 0 Å². The van der Waals surface area contributed by atoms with Gasteiger partial charge in [0.25, 0.3) is 0 Å². The molecule has 2 unspecified atom stereocenters. The average Bonchev–Trinajstić information content (AvgIpc) is 2.63. The van der Waals surface area contributed by atoms with E-state index < -0.39 is 9.84 Å². The predicted octanol–water partition coefficient (Wildman–Crippen LogP) is 0.578. The van der Waals surface area contributed by atoms with Crippen LogP contribution < -0.4 is 5.32 Å². The number of sulfone groups is 1. The Bertz CT molecular complexity index is 270. The molecule has 1 aliphatic heterocycles. The van der Waals surface area contributed by atoms with Crippen LogP contribution in [0.5, 0.6) is 0 Å². The minimum Gasteiger partial charge on any atom is -0.377 e. The maximum absolute atomic E-state index is 11.1. The molecule has 1 rings (SSSR count). The Balaban J connectivity index is 2.42. The molecular weight excluding hydrogens is 214 g/mol. The normalized spacial score (nSPS) is 24.3. The highest BCUT2D eigenvalue weighted by Gasteiger charge is 2.25. The Labute approximate surface area is 92.3 Å². The summed E-state index contributed by atoms with van der Waals surface area (Å²) in [5, 5.41) is 3.31. The summed E-state index contributed by atoms with van der Waals surface area (Å²) in [7, 11) is -2.86. The molecule has 0 amide bonds. The van der Waals surface area contributed by atoms with Crippen molar-refractivity contribution in [3.8, 4) is 0 Å². The summed E-state index contributed by atoms with van der Waals surface area (Å²) in [4.78, 5) is 0. The minimum absolute atomic E-state index is 0.187. The molecule has 1 fully saturated rings. The molecule has 5 heteroatoms. The van der Waals surface area contributed by atoms with Crippen molar-refractivity contribution < 1.29 is 13.2 Å². The minimum atomic E-state index is -2.86. The second-order valence-corrected chi connectivity index (χ2v) is 6.39. The van der Waals surface area contributed by atoms with Crippen LogP contribution in [0, 0.1) is 0 Å². The summed E-state index contributed by atoms with van der Waals surface area (Å²) >= 11 is 0. The third kappa shape index (κ3) is 4.95. The molecule has 1 saturated heterocycles. The first kappa shape index (κ1) is 12.9. The van der Waals surface area contributed by atoms with Gasteiger partial charge in [-0.15, -0.1) is 0 Å². The van der Waals surface area contributed by atoms with Crippen molar-refractivity contribution in [3.05, 3.63) is 0 Å². The van der Waals surface area contributed by atoms with Crippen molar-refractivity contribution in [2.75, 3.05) is 25.2 Å². The van der Waals surface area contributed by atoms with Crippen LogP contribution in [0.1, 0.15) is 26.2 Å². The van der Waals surface area contributed by atoms with Gasteiger partial charge in [0.05, 0.1) is 11.9 Å². The van der Waals surface area contributed by atoms with Gasteiger partial charge in [-0.2, -0.15) is 0 Å². The summed E-state index contributed by atoms with van der Waals surface area (Å²) in [5.74, 6) is 0.241. The number of hydrogen-bond acceptors (Lipinski definition) is 4. The van der Waals surface area contributed by atoms with E-state index in [-0.39, 0.29) is 17.9 Å². The molecule has 0 radical (unpaired) electrons. The van der Waals surface area contributed by atoms with Gasteiger partial charge in [-0.1, -0.05) is 6.92 Å². The lowest BCUT2D eigenvalue weighted by molar-refractivity contribution is 0.0779. The predicted molar refractivity (Wildman–Crippen MR) is 60.8 cm³/mol. The van der Waals surface area contributed by atoms with Gasteiger partial charge in [-0.05, 0) is 25.8 Å². The molecule has 1 heterocycles. The molecule has 0 aromatic carbocycles. The molecule has 90 valence electrons. The Morgan fingerprint density at radius 2 is 2.27 bits per heavy atom. The zero-order valence-corrected chi connectivity index (χ0v) is 10.3. The molecule has 4 nitrogen and oxygen atoms in total. The quantitative estimate of drug-likeness (QED) is 0.731. The Hall–Kier alpha value is -0.130. The monoisotopic (exact) mass is 235 g/mol. The average molecular weight is 235 g/mol.